The number of phenols is 1. The summed E-state index contributed by atoms with van der Waals surface area (Å²) in [6.07, 6.45) is 3.53. The minimum absolute atomic E-state index is 0.109. The van der Waals surface area contributed by atoms with Gasteiger partial charge in [0, 0.05) is 19.7 Å². The van der Waals surface area contributed by atoms with Gasteiger partial charge in [0.25, 0.3) is 0 Å². The van der Waals surface area contributed by atoms with Gasteiger partial charge < -0.3 is 14.7 Å². The van der Waals surface area contributed by atoms with E-state index in [1.807, 2.05) is 11.0 Å². The molecular formula is C15H19NO3. The van der Waals surface area contributed by atoms with E-state index in [0.717, 1.165) is 38.0 Å². The minimum Gasteiger partial charge on any atom is -0.508 e. The van der Waals surface area contributed by atoms with Crippen LogP contribution in [0, 0.1) is 0 Å². The van der Waals surface area contributed by atoms with Crippen LogP contribution in [0.15, 0.2) is 18.2 Å². The molecule has 4 nitrogen and oxygen atoms in total. The Morgan fingerprint density at radius 3 is 3.11 bits per heavy atom. The van der Waals surface area contributed by atoms with Gasteiger partial charge in [0.2, 0.25) is 5.91 Å². The first-order valence-corrected chi connectivity index (χ1v) is 6.92. The molecule has 1 aromatic carbocycles. The zero-order chi connectivity index (χ0) is 13.2. The Morgan fingerprint density at radius 1 is 1.42 bits per heavy atom. The number of nitrogens with zero attached hydrogens (tertiary/aromatic N) is 1. The van der Waals surface area contributed by atoms with Gasteiger partial charge in [0.05, 0.1) is 12.5 Å². The lowest BCUT2D eigenvalue weighted by molar-refractivity contribution is -0.134. The van der Waals surface area contributed by atoms with Gasteiger partial charge in [-0.25, -0.2) is 0 Å². The summed E-state index contributed by atoms with van der Waals surface area (Å²) < 4.78 is 5.52. The Balaban J connectivity index is 1.65. The zero-order valence-corrected chi connectivity index (χ0v) is 11.0. The van der Waals surface area contributed by atoms with Crippen molar-refractivity contribution in [2.24, 2.45) is 0 Å². The molecule has 0 aromatic heterocycles. The molecular weight excluding hydrogens is 242 g/mol. The number of carbonyl (C=O) groups is 1. The molecule has 1 atom stereocenters. The van der Waals surface area contributed by atoms with Crippen molar-refractivity contribution in [2.75, 3.05) is 13.2 Å². The summed E-state index contributed by atoms with van der Waals surface area (Å²) in [6.45, 7) is 2.16. The van der Waals surface area contributed by atoms with Crippen molar-refractivity contribution in [1.82, 2.24) is 4.90 Å². The molecule has 2 aliphatic heterocycles. The highest BCUT2D eigenvalue weighted by atomic mass is 16.5. The number of hydrogen-bond donors (Lipinski definition) is 1. The first kappa shape index (κ1) is 12.5. The maximum atomic E-state index is 12.2. The molecule has 0 bridgehead atoms. The van der Waals surface area contributed by atoms with E-state index in [9.17, 15) is 9.90 Å². The Bertz CT molecular complexity index is 480. The molecule has 1 saturated heterocycles. The third kappa shape index (κ3) is 2.73. The molecule has 3 rings (SSSR count). The molecule has 0 saturated carbocycles. The van der Waals surface area contributed by atoms with E-state index in [1.165, 1.54) is 5.56 Å². The molecule has 1 fully saturated rings. The van der Waals surface area contributed by atoms with Crippen molar-refractivity contribution in [3.8, 4) is 5.75 Å². The molecule has 4 heteroatoms. The van der Waals surface area contributed by atoms with Crippen molar-refractivity contribution < 1.29 is 14.6 Å². The maximum absolute atomic E-state index is 12.2. The highest BCUT2D eigenvalue weighted by molar-refractivity contribution is 5.77. The summed E-state index contributed by atoms with van der Waals surface area (Å²) in [5.41, 5.74) is 2.30. The quantitative estimate of drug-likeness (QED) is 0.884. The third-order valence-electron chi connectivity index (χ3n) is 3.98. The van der Waals surface area contributed by atoms with Gasteiger partial charge in [-0.1, -0.05) is 6.07 Å². The van der Waals surface area contributed by atoms with Gasteiger partial charge in [0.1, 0.15) is 5.75 Å². The normalized spacial score (nSPS) is 22.3. The summed E-state index contributed by atoms with van der Waals surface area (Å²) >= 11 is 0. The van der Waals surface area contributed by atoms with E-state index in [4.69, 9.17) is 4.74 Å². The monoisotopic (exact) mass is 261 g/mol. The van der Waals surface area contributed by atoms with E-state index in [2.05, 4.69) is 0 Å². The van der Waals surface area contributed by atoms with E-state index in [0.29, 0.717) is 13.0 Å². The van der Waals surface area contributed by atoms with Crippen molar-refractivity contribution in [3.05, 3.63) is 29.3 Å². The largest absolute Gasteiger partial charge is 0.508 e. The summed E-state index contributed by atoms with van der Waals surface area (Å²) in [7, 11) is 0. The molecule has 102 valence electrons. The van der Waals surface area contributed by atoms with Crippen LogP contribution >= 0.6 is 0 Å². The van der Waals surface area contributed by atoms with E-state index in [1.54, 1.807) is 12.1 Å². The van der Waals surface area contributed by atoms with Gasteiger partial charge in [-0.3, -0.25) is 4.79 Å². The van der Waals surface area contributed by atoms with E-state index >= 15 is 0 Å². The number of fused-ring (bicyclic) bond motifs is 1. The average Bonchev–Trinajstić information content (AvgIpc) is 2.90. The standard InChI is InChI=1S/C15H19NO3/c17-13-4-3-11-5-6-16(10-12(11)8-13)15(18)9-14-2-1-7-19-14/h3-4,8,14,17H,1-2,5-7,9-10H2. The number of ether oxygens (including phenoxy) is 1. The topological polar surface area (TPSA) is 49.8 Å². The molecule has 2 aliphatic rings. The fourth-order valence-corrected chi connectivity index (χ4v) is 2.89. The van der Waals surface area contributed by atoms with Crippen LogP contribution in [0.25, 0.3) is 0 Å². The Labute approximate surface area is 113 Å². The third-order valence-corrected chi connectivity index (χ3v) is 3.98. The second-order valence-corrected chi connectivity index (χ2v) is 5.36. The Hall–Kier alpha value is -1.55. The SMILES string of the molecule is O=C(CC1CCCO1)N1CCc2ccc(O)cc2C1. The van der Waals surface area contributed by atoms with Crippen molar-refractivity contribution in [2.45, 2.75) is 38.3 Å². The molecule has 1 amide bonds. The second kappa shape index (κ2) is 5.21. The number of amides is 1. The summed E-state index contributed by atoms with van der Waals surface area (Å²) in [6, 6.07) is 5.43. The van der Waals surface area contributed by atoms with Gasteiger partial charge in [0.15, 0.2) is 0 Å². The number of carbonyl (C=O) groups excluding carboxylic acids is 1. The Kier molecular flexibility index (Phi) is 3.42. The number of rotatable bonds is 2. The molecule has 0 aliphatic carbocycles. The molecule has 0 spiro atoms. The fourth-order valence-electron chi connectivity index (χ4n) is 2.89. The number of phenolic OH excluding ortho intramolecular Hbond substituents is 1. The lowest BCUT2D eigenvalue weighted by atomic mass is 9.99. The zero-order valence-electron chi connectivity index (χ0n) is 11.0. The molecule has 2 heterocycles. The van der Waals surface area contributed by atoms with Gasteiger partial charge in [-0.05, 0) is 42.5 Å². The van der Waals surface area contributed by atoms with Crippen molar-refractivity contribution in [1.29, 1.82) is 0 Å². The predicted molar refractivity (Wildman–Crippen MR) is 70.8 cm³/mol. The van der Waals surface area contributed by atoms with Crippen LogP contribution in [0.5, 0.6) is 5.75 Å². The molecule has 1 N–H and O–H groups in total. The van der Waals surface area contributed by atoms with Crippen LogP contribution < -0.4 is 0 Å². The number of aromatic hydroxyl groups is 1. The molecule has 1 aromatic rings. The van der Waals surface area contributed by atoms with Gasteiger partial charge >= 0.3 is 0 Å². The van der Waals surface area contributed by atoms with Gasteiger partial charge in [-0.15, -0.1) is 0 Å². The van der Waals surface area contributed by atoms with Crippen LogP contribution in [0.2, 0.25) is 0 Å². The highest BCUT2D eigenvalue weighted by Crippen LogP contribution is 2.24. The first-order valence-electron chi connectivity index (χ1n) is 6.92. The minimum atomic E-state index is 0.109. The smallest absolute Gasteiger partial charge is 0.225 e. The maximum Gasteiger partial charge on any atom is 0.225 e. The molecule has 0 radical (unpaired) electrons. The van der Waals surface area contributed by atoms with Gasteiger partial charge in [-0.2, -0.15) is 0 Å². The fraction of sp³-hybridized carbons (Fsp3) is 0.533. The molecule has 1 unspecified atom stereocenters. The lowest BCUT2D eigenvalue weighted by Gasteiger charge is -2.29. The van der Waals surface area contributed by atoms with Crippen LogP contribution in [-0.2, 0) is 22.5 Å². The second-order valence-electron chi connectivity index (χ2n) is 5.36. The summed E-state index contributed by atoms with van der Waals surface area (Å²) in [5, 5.41) is 9.52. The van der Waals surface area contributed by atoms with Crippen LogP contribution in [0.1, 0.15) is 30.4 Å². The van der Waals surface area contributed by atoms with Crippen molar-refractivity contribution >= 4 is 5.91 Å². The van der Waals surface area contributed by atoms with Crippen LogP contribution in [0.4, 0.5) is 0 Å². The van der Waals surface area contributed by atoms with E-state index < -0.39 is 0 Å². The summed E-state index contributed by atoms with van der Waals surface area (Å²) in [4.78, 5) is 14.1. The predicted octanol–water partition coefficient (Wildman–Crippen LogP) is 1.85. The van der Waals surface area contributed by atoms with Crippen LogP contribution in [0.3, 0.4) is 0 Å². The lowest BCUT2D eigenvalue weighted by Crippen LogP contribution is -2.37. The highest BCUT2D eigenvalue weighted by Gasteiger charge is 2.25. The van der Waals surface area contributed by atoms with Crippen LogP contribution in [-0.4, -0.2) is 35.2 Å². The number of benzene rings is 1. The summed E-state index contributed by atoms with van der Waals surface area (Å²) in [5.74, 6) is 0.438. The number of hydrogen-bond acceptors (Lipinski definition) is 3. The average molecular weight is 261 g/mol. The molecule has 19 heavy (non-hydrogen) atoms. The van der Waals surface area contributed by atoms with Crippen molar-refractivity contribution in [3.63, 3.8) is 0 Å². The Morgan fingerprint density at radius 2 is 2.32 bits per heavy atom. The van der Waals surface area contributed by atoms with E-state index in [-0.39, 0.29) is 17.8 Å². The first-order chi connectivity index (χ1) is 9.22.